The Balaban J connectivity index is 2.05. The average Bonchev–Trinajstić information content (AvgIpc) is 2.77. The smallest absolute Gasteiger partial charge is 0.411 e. The molecule has 0 aliphatic carbocycles. The Bertz CT molecular complexity index is 509. The van der Waals surface area contributed by atoms with Gasteiger partial charge in [-0.1, -0.05) is 0 Å². The van der Waals surface area contributed by atoms with Gasteiger partial charge in [0.2, 0.25) is 0 Å². The van der Waals surface area contributed by atoms with Crippen LogP contribution in [0.25, 0.3) is 0 Å². The molecular formula is C15H22N2O6. The number of ether oxygens (including phenoxy) is 1. The van der Waals surface area contributed by atoms with Crippen LogP contribution in [-0.2, 0) is 24.0 Å². The molecule has 0 radical (unpaired) electrons. The van der Waals surface area contributed by atoms with Crippen molar-refractivity contribution in [2.75, 3.05) is 6.54 Å². The Hall–Kier alpha value is -2.12. The predicted molar refractivity (Wildman–Crippen MR) is 77.8 cm³/mol. The third kappa shape index (κ3) is 4.20. The van der Waals surface area contributed by atoms with Crippen LogP contribution in [0.3, 0.4) is 0 Å². The molecule has 0 N–H and O–H groups in total. The van der Waals surface area contributed by atoms with E-state index in [1.807, 2.05) is 0 Å². The number of carbonyl (C=O) groups excluding carboxylic acids is 4. The van der Waals surface area contributed by atoms with Gasteiger partial charge in [-0.05, 0) is 40.0 Å². The fourth-order valence-electron chi connectivity index (χ4n) is 2.52. The molecule has 2 rings (SSSR count). The first kappa shape index (κ1) is 17.2. The van der Waals surface area contributed by atoms with Crippen molar-refractivity contribution in [3.05, 3.63) is 0 Å². The molecule has 2 fully saturated rings. The summed E-state index contributed by atoms with van der Waals surface area (Å²) in [6.45, 7) is 5.59. The summed E-state index contributed by atoms with van der Waals surface area (Å²) in [5.41, 5.74) is -0.677. The fraction of sp³-hybridized carbons (Fsp3) is 0.733. The number of likely N-dealkylation sites (tertiary alicyclic amines) is 1. The lowest BCUT2D eigenvalue weighted by atomic mass is 10.0. The van der Waals surface area contributed by atoms with Crippen molar-refractivity contribution in [1.29, 1.82) is 0 Å². The minimum absolute atomic E-state index is 0.0343. The highest BCUT2D eigenvalue weighted by Crippen LogP contribution is 2.22. The number of carbonyl (C=O) groups is 4. The van der Waals surface area contributed by atoms with E-state index >= 15 is 0 Å². The summed E-state index contributed by atoms with van der Waals surface area (Å²) in [4.78, 5) is 53.8. The number of hydroxylamine groups is 2. The maximum Gasteiger partial charge on any atom is 0.411 e. The molecule has 23 heavy (non-hydrogen) atoms. The fourth-order valence-corrected chi connectivity index (χ4v) is 2.52. The number of hydrogen-bond acceptors (Lipinski definition) is 6. The minimum atomic E-state index is -0.847. The lowest BCUT2D eigenvalue weighted by Crippen LogP contribution is -2.51. The predicted octanol–water partition coefficient (Wildman–Crippen LogP) is 1.38. The monoisotopic (exact) mass is 326 g/mol. The van der Waals surface area contributed by atoms with Gasteiger partial charge in [0.15, 0.2) is 0 Å². The average molecular weight is 326 g/mol. The molecule has 0 aromatic rings. The van der Waals surface area contributed by atoms with Gasteiger partial charge in [-0.15, -0.1) is 5.06 Å². The van der Waals surface area contributed by atoms with Crippen LogP contribution >= 0.6 is 0 Å². The molecule has 2 aliphatic heterocycles. The van der Waals surface area contributed by atoms with E-state index < -0.39 is 35.5 Å². The molecule has 3 amide bonds. The second kappa shape index (κ2) is 6.55. The summed E-state index contributed by atoms with van der Waals surface area (Å²) in [5, 5.41) is 0.504. The summed E-state index contributed by atoms with van der Waals surface area (Å²) < 4.78 is 5.30. The quantitative estimate of drug-likeness (QED) is 0.712. The van der Waals surface area contributed by atoms with Crippen molar-refractivity contribution in [2.24, 2.45) is 0 Å². The van der Waals surface area contributed by atoms with E-state index in [1.165, 1.54) is 4.90 Å². The third-order valence-corrected chi connectivity index (χ3v) is 3.59. The van der Waals surface area contributed by atoms with Gasteiger partial charge in [-0.3, -0.25) is 14.5 Å². The summed E-state index contributed by atoms with van der Waals surface area (Å²) >= 11 is 0. The van der Waals surface area contributed by atoms with Gasteiger partial charge in [0.25, 0.3) is 11.8 Å². The summed E-state index contributed by atoms with van der Waals surface area (Å²) in [6, 6.07) is -0.847. The largest absolute Gasteiger partial charge is 0.444 e. The van der Waals surface area contributed by atoms with Crippen LogP contribution in [0.15, 0.2) is 0 Å². The first-order chi connectivity index (χ1) is 10.7. The SMILES string of the molecule is CC(C)(C)OC(=O)N1CCCCC1C(=O)ON1C(=O)CCC1=O. The lowest BCUT2D eigenvalue weighted by Gasteiger charge is -2.35. The first-order valence-electron chi connectivity index (χ1n) is 7.76. The van der Waals surface area contributed by atoms with Crippen molar-refractivity contribution in [1.82, 2.24) is 9.96 Å². The molecule has 2 heterocycles. The van der Waals surface area contributed by atoms with Crippen LogP contribution in [0.4, 0.5) is 4.79 Å². The summed E-state index contributed by atoms with van der Waals surface area (Å²) in [6.07, 6.45) is 1.39. The standard InChI is InChI=1S/C15H22N2O6/c1-15(2,3)22-14(21)16-9-5-4-6-10(16)13(20)23-17-11(18)7-8-12(17)19/h10H,4-9H2,1-3H3. The zero-order chi connectivity index (χ0) is 17.2. The Morgan fingerprint density at radius 2 is 1.70 bits per heavy atom. The summed E-state index contributed by atoms with van der Waals surface area (Å²) in [7, 11) is 0. The highest BCUT2D eigenvalue weighted by molar-refractivity contribution is 6.01. The number of nitrogens with zero attached hydrogens (tertiary/aromatic N) is 2. The van der Waals surface area contributed by atoms with E-state index in [4.69, 9.17) is 9.57 Å². The molecule has 1 unspecified atom stereocenters. The van der Waals surface area contributed by atoms with Crippen molar-refractivity contribution in [2.45, 2.75) is 64.5 Å². The van der Waals surface area contributed by atoms with Crippen LogP contribution in [0, 0.1) is 0 Å². The Morgan fingerprint density at radius 3 is 2.26 bits per heavy atom. The van der Waals surface area contributed by atoms with Gasteiger partial charge in [0, 0.05) is 19.4 Å². The molecule has 2 aliphatic rings. The molecule has 8 heteroatoms. The van der Waals surface area contributed by atoms with Gasteiger partial charge in [0.1, 0.15) is 11.6 Å². The maximum atomic E-state index is 12.3. The van der Waals surface area contributed by atoms with E-state index in [-0.39, 0.29) is 12.8 Å². The van der Waals surface area contributed by atoms with Crippen molar-refractivity contribution < 1.29 is 28.8 Å². The van der Waals surface area contributed by atoms with Crippen LogP contribution in [-0.4, -0.2) is 52.0 Å². The zero-order valence-corrected chi connectivity index (χ0v) is 13.7. The number of piperidine rings is 1. The number of amides is 3. The number of rotatable bonds is 2. The topological polar surface area (TPSA) is 93.2 Å². The second-order valence-electron chi connectivity index (χ2n) is 6.68. The van der Waals surface area contributed by atoms with Crippen molar-refractivity contribution in [3.8, 4) is 0 Å². The third-order valence-electron chi connectivity index (χ3n) is 3.59. The highest BCUT2D eigenvalue weighted by Gasteiger charge is 2.40. The second-order valence-corrected chi connectivity index (χ2v) is 6.68. The van der Waals surface area contributed by atoms with Gasteiger partial charge in [-0.25, -0.2) is 9.59 Å². The van der Waals surface area contributed by atoms with E-state index in [1.54, 1.807) is 20.8 Å². The molecule has 0 bridgehead atoms. The molecular weight excluding hydrogens is 304 g/mol. The van der Waals surface area contributed by atoms with Crippen LogP contribution < -0.4 is 0 Å². The van der Waals surface area contributed by atoms with Gasteiger partial charge in [0.05, 0.1) is 0 Å². The number of hydrogen-bond donors (Lipinski definition) is 0. The van der Waals surface area contributed by atoms with E-state index in [9.17, 15) is 19.2 Å². The molecule has 0 aromatic carbocycles. The van der Waals surface area contributed by atoms with E-state index in [0.29, 0.717) is 18.0 Å². The highest BCUT2D eigenvalue weighted by atomic mass is 16.7. The molecule has 0 saturated carbocycles. The Kier molecular flexibility index (Phi) is 4.91. The Labute approximate surface area is 134 Å². The van der Waals surface area contributed by atoms with Crippen LogP contribution in [0.5, 0.6) is 0 Å². The molecule has 2 saturated heterocycles. The molecule has 128 valence electrons. The Morgan fingerprint density at radius 1 is 1.09 bits per heavy atom. The van der Waals surface area contributed by atoms with Crippen molar-refractivity contribution in [3.63, 3.8) is 0 Å². The molecule has 0 spiro atoms. The molecule has 8 nitrogen and oxygen atoms in total. The maximum absolute atomic E-state index is 12.3. The normalized spacial score (nSPS) is 22.3. The van der Waals surface area contributed by atoms with Crippen molar-refractivity contribution >= 4 is 23.9 Å². The molecule has 0 aromatic heterocycles. The molecule has 1 atom stereocenters. The van der Waals surface area contributed by atoms with E-state index in [2.05, 4.69) is 0 Å². The van der Waals surface area contributed by atoms with Crippen LogP contribution in [0.1, 0.15) is 52.9 Å². The van der Waals surface area contributed by atoms with Crippen LogP contribution in [0.2, 0.25) is 0 Å². The lowest BCUT2D eigenvalue weighted by molar-refractivity contribution is -0.201. The zero-order valence-electron chi connectivity index (χ0n) is 13.7. The summed E-state index contributed by atoms with van der Waals surface area (Å²) in [5.74, 6) is -1.86. The number of imide groups is 1. The van der Waals surface area contributed by atoms with Gasteiger partial charge in [-0.2, -0.15) is 0 Å². The minimum Gasteiger partial charge on any atom is -0.444 e. The van der Waals surface area contributed by atoms with E-state index in [0.717, 1.165) is 12.8 Å². The first-order valence-corrected chi connectivity index (χ1v) is 7.76. The van der Waals surface area contributed by atoms with Gasteiger partial charge < -0.3 is 9.57 Å². The van der Waals surface area contributed by atoms with Gasteiger partial charge >= 0.3 is 12.1 Å².